The van der Waals surface area contributed by atoms with Crippen LogP contribution < -0.4 is 0 Å². The van der Waals surface area contributed by atoms with Gasteiger partial charge in [0.15, 0.2) is 9.84 Å². The molecule has 1 aromatic rings. The molecule has 0 aliphatic carbocycles. The Hall–Kier alpha value is -0.910. The molecule has 0 unspecified atom stereocenters. The van der Waals surface area contributed by atoms with Crippen LogP contribution in [-0.4, -0.2) is 38.0 Å². The van der Waals surface area contributed by atoms with E-state index >= 15 is 0 Å². The van der Waals surface area contributed by atoms with Crippen molar-refractivity contribution in [2.24, 2.45) is 0 Å². The predicted molar refractivity (Wildman–Crippen MR) is 66.9 cm³/mol. The lowest BCUT2D eigenvalue weighted by Gasteiger charge is -2.13. The molecule has 0 spiro atoms. The van der Waals surface area contributed by atoms with E-state index in [2.05, 4.69) is 0 Å². The smallest absolute Gasteiger partial charge is 0.175 e. The van der Waals surface area contributed by atoms with Crippen molar-refractivity contribution in [2.75, 3.05) is 19.3 Å². The number of hydroxylamine groups is 2. The van der Waals surface area contributed by atoms with Crippen LogP contribution in [0.4, 0.5) is 0 Å². The van der Waals surface area contributed by atoms with E-state index in [1.807, 2.05) is 6.92 Å². The van der Waals surface area contributed by atoms with Crippen LogP contribution in [0.2, 0.25) is 0 Å². The molecule has 96 valence electrons. The molecular weight excluding hydrogens is 238 g/mol. The number of rotatable bonds is 6. The Morgan fingerprint density at radius 1 is 1.18 bits per heavy atom. The van der Waals surface area contributed by atoms with Crippen molar-refractivity contribution in [1.82, 2.24) is 5.06 Å². The van der Waals surface area contributed by atoms with Gasteiger partial charge in [0, 0.05) is 19.3 Å². The summed E-state index contributed by atoms with van der Waals surface area (Å²) in [5.41, 5.74) is 1.02. The molecule has 0 fully saturated rings. The second-order valence-corrected chi connectivity index (χ2v) is 6.14. The van der Waals surface area contributed by atoms with Crippen molar-refractivity contribution in [3.63, 3.8) is 0 Å². The molecule has 1 N–H and O–H groups in total. The van der Waals surface area contributed by atoms with E-state index in [1.54, 1.807) is 24.3 Å². The lowest BCUT2D eigenvalue weighted by Crippen LogP contribution is -2.22. The molecule has 4 nitrogen and oxygen atoms in total. The van der Waals surface area contributed by atoms with Gasteiger partial charge in [0.2, 0.25) is 0 Å². The van der Waals surface area contributed by atoms with Gasteiger partial charge in [-0.25, -0.2) is 8.42 Å². The van der Waals surface area contributed by atoms with Crippen LogP contribution in [0.3, 0.4) is 0 Å². The van der Waals surface area contributed by atoms with E-state index in [0.717, 1.165) is 12.0 Å². The molecule has 0 saturated carbocycles. The predicted octanol–water partition coefficient (Wildman–Crippen LogP) is 1.73. The van der Waals surface area contributed by atoms with Crippen molar-refractivity contribution in [2.45, 2.75) is 24.7 Å². The average molecular weight is 257 g/mol. The minimum absolute atomic E-state index is 0.329. The Bertz CT molecular complexity index is 439. The van der Waals surface area contributed by atoms with E-state index in [1.165, 1.54) is 11.3 Å². The summed E-state index contributed by atoms with van der Waals surface area (Å²) in [7, 11) is -3.12. The second-order valence-electron chi connectivity index (χ2n) is 4.12. The summed E-state index contributed by atoms with van der Waals surface area (Å²) in [6, 6.07) is 6.78. The molecule has 5 heteroatoms. The molecule has 1 rings (SSSR count). The maximum Gasteiger partial charge on any atom is 0.175 e. The first kappa shape index (κ1) is 14.2. The minimum Gasteiger partial charge on any atom is -0.314 e. The van der Waals surface area contributed by atoms with Crippen LogP contribution in [-0.2, 0) is 16.3 Å². The van der Waals surface area contributed by atoms with Crippen LogP contribution in [0, 0.1) is 0 Å². The molecule has 0 saturated heterocycles. The van der Waals surface area contributed by atoms with E-state index < -0.39 is 9.84 Å². The topological polar surface area (TPSA) is 57.6 Å². The van der Waals surface area contributed by atoms with Crippen molar-refractivity contribution in [3.8, 4) is 0 Å². The minimum atomic E-state index is -3.12. The summed E-state index contributed by atoms with van der Waals surface area (Å²) in [6.45, 7) is 3.22. The van der Waals surface area contributed by atoms with Gasteiger partial charge in [0.05, 0.1) is 4.90 Å². The highest BCUT2D eigenvalue weighted by atomic mass is 32.2. The van der Waals surface area contributed by atoms with E-state index in [0.29, 0.717) is 24.4 Å². The first-order chi connectivity index (χ1) is 7.93. The van der Waals surface area contributed by atoms with E-state index in [4.69, 9.17) is 0 Å². The van der Waals surface area contributed by atoms with Crippen molar-refractivity contribution < 1.29 is 13.6 Å². The Kier molecular flexibility index (Phi) is 5.11. The highest BCUT2D eigenvalue weighted by Gasteiger charge is 2.06. The van der Waals surface area contributed by atoms with Gasteiger partial charge in [-0.05, 0) is 30.5 Å². The molecule has 0 atom stereocenters. The third kappa shape index (κ3) is 4.85. The van der Waals surface area contributed by atoms with Crippen molar-refractivity contribution in [1.29, 1.82) is 0 Å². The van der Waals surface area contributed by atoms with Gasteiger partial charge in [-0.15, -0.1) is 0 Å². The summed E-state index contributed by atoms with van der Waals surface area (Å²) in [5, 5.41) is 10.7. The van der Waals surface area contributed by atoms with Crippen LogP contribution in [0.15, 0.2) is 29.2 Å². The number of nitrogens with zero attached hydrogens (tertiary/aromatic N) is 1. The molecular formula is C12H19NO3S. The maximum absolute atomic E-state index is 11.2. The fourth-order valence-electron chi connectivity index (χ4n) is 1.53. The zero-order valence-corrected chi connectivity index (χ0v) is 11.1. The summed E-state index contributed by atoms with van der Waals surface area (Å²) in [4.78, 5) is 0.329. The zero-order valence-electron chi connectivity index (χ0n) is 10.3. The van der Waals surface area contributed by atoms with Crippen LogP contribution in [0.25, 0.3) is 0 Å². The number of hydrogen-bond donors (Lipinski definition) is 1. The Morgan fingerprint density at radius 3 is 2.24 bits per heavy atom. The molecule has 0 amide bonds. The summed E-state index contributed by atoms with van der Waals surface area (Å²) < 4.78 is 22.5. The fourth-order valence-corrected chi connectivity index (χ4v) is 2.16. The van der Waals surface area contributed by atoms with Crippen LogP contribution in [0.5, 0.6) is 0 Å². The van der Waals surface area contributed by atoms with Gasteiger partial charge < -0.3 is 5.21 Å². The van der Waals surface area contributed by atoms with E-state index in [-0.39, 0.29) is 0 Å². The number of hydrogen-bond acceptors (Lipinski definition) is 4. The van der Waals surface area contributed by atoms with Gasteiger partial charge in [-0.1, -0.05) is 19.1 Å². The third-order valence-electron chi connectivity index (χ3n) is 2.49. The van der Waals surface area contributed by atoms with Gasteiger partial charge in [0.1, 0.15) is 0 Å². The molecule has 0 aliphatic heterocycles. The Morgan fingerprint density at radius 2 is 1.76 bits per heavy atom. The second kappa shape index (κ2) is 6.14. The maximum atomic E-state index is 11.2. The summed E-state index contributed by atoms with van der Waals surface area (Å²) in [5.74, 6) is 0. The standard InChI is InChI=1S/C12H19NO3S/c1-3-9-13(14)10-8-11-4-6-12(7-5-11)17(2,15)16/h4-7,14H,3,8-10H2,1-2H3. The number of sulfone groups is 1. The summed E-state index contributed by atoms with van der Waals surface area (Å²) >= 11 is 0. The fraction of sp³-hybridized carbons (Fsp3) is 0.500. The highest BCUT2D eigenvalue weighted by molar-refractivity contribution is 7.90. The van der Waals surface area contributed by atoms with Crippen molar-refractivity contribution >= 4 is 9.84 Å². The van der Waals surface area contributed by atoms with Crippen LogP contribution >= 0.6 is 0 Å². The normalized spacial score (nSPS) is 12.0. The molecule has 1 aromatic carbocycles. The zero-order chi connectivity index (χ0) is 12.9. The highest BCUT2D eigenvalue weighted by Crippen LogP contribution is 2.10. The summed E-state index contributed by atoms with van der Waals surface area (Å²) in [6.07, 6.45) is 2.81. The van der Waals surface area contributed by atoms with Crippen molar-refractivity contribution in [3.05, 3.63) is 29.8 Å². The molecule has 0 heterocycles. The molecule has 0 radical (unpaired) electrons. The quantitative estimate of drug-likeness (QED) is 0.789. The van der Waals surface area contributed by atoms with Gasteiger partial charge in [-0.2, -0.15) is 5.06 Å². The first-order valence-electron chi connectivity index (χ1n) is 5.66. The Balaban J connectivity index is 2.57. The lowest BCUT2D eigenvalue weighted by atomic mass is 10.1. The first-order valence-corrected chi connectivity index (χ1v) is 7.55. The Labute approximate surface area is 103 Å². The van der Waals surface area contributed by atoms with E-state index in [9.17, 15) is 13.6 Å². The monoisotopic (exact) mass is 257 g/mol. The molecule has 17 heavy (non-hydrogen) atoms. The average Bonchev–Trinajstić information content (AvgIpc) is 2.26. The molecule has 0 bridgehead atoms. The number of benzene rings is 1. The largest absolute Gasteiger partial charge is 0.314 e. The SMILES string of the molecule is CCCN(O)CCc1ccc(S(C)(=O)=O)cc1. The third-order valence-corrected chi connectivity index (χ3v) is 3.62. The van der Waals surface area contributed by atoms with Gasteiger partial charge in [-0.3, -0.25) is 0 Å². The van der Waals surface area contributed by atoms with Crippen LogP contribution in [0.1, 0.15) is 18.9 Å². The van der Waals surface area contributed by atoms with Gasteiger partial charge >= 0.3 is 0 Å². The van der Waals surface area contributed by atoms with Gasteiger partial charge in [0.25, 0.3) is 0 Å². The lowest BCUT2D eigenvalue weighted by molar-refractivity contribution is -0.0893. The molecule has 0 aromatic heterocycles. The molecule has 0 aliphatic rings.